The monoisotopic (exact) mass is 469 g/mol. The molecular formula is C22H26F3N3O3S. The van der Waals surface area contributed by atoms with Gasteiger partial charge in [0.1, 0.15) is 0 Å². The Kier molecular flexibility index (Phi) is 7.58. The standard InChI is InChI=1S/C22H26F3N3O3S/c1-2-27-11-13-28(14-12-27)32(30,31)19-10-6-9-18(15-19)26-21(29)16-20(22(23,24)25)17-7-4-3-5-8-17/h3-10,15,20H,2,11-14,16H2,1H3,(H,26,29). The number of likely N-dealkylation sites (N-methyl/N-ethyl adjacent to an activating group) is 1. The third kappa shape index (κ3) is 5.87. The Morgan fingerprint density at radius 2 is 1.69 bits per heavy atom. The number of hydrogen-bond acceptors (Lipinski definition) is 4. The van der Waals surface area contributed by atoms with E-state index in [0.717, 1.165) is 6.54 Å². The van der Waals surface area contributed by atoms with Gasteiger partial charge in [0.25, 0.3) is 0 Å². The second kappa shape index (κ2) is 10.0. The van der Waals surface area contributed by atoms with E-state index in [2.05, 4.69) is 10.2 Å². The molecule has 2 aromatic rings. The lowest BCUT2D eigenvalue weighted by molar-refractivity contribution is -0.155. The zero-order valence-electron chi connectivity index (χ0n) is 17.7. The first kappa shape index (κ1) is 24.2. The van der Waals surface area contributed by atoms with E-state index in [1.807, 2.05) is 6.92 Å². The van der Waals surface area contributed by atoms with Gasteiger partial charge in [-0.2, -0.15) is 17.5 Å². The van der Waals surface area contributed by atoms with Crippen LogP contribution in [0, 0.1) is 0 Å². The summed E-state index contributed by atoms with van der Waals surface area (Å²) in [5.41, 5.74) is 0.134. The molecule has 0 bridgehead atoms. The van der Waals surface area contributed by atoms with Crippen LogP contribution in [-0.4, -0.2) is 62.4 Å². The van der Waals surface area contributed by atoms with Crippen LogP contribution in [0.5, 0.6) is 0 Å². The molecule has 0 aliphatic carbocycles. The SMILES string of the molecule is CCN1CCN(S(=O)(=O)c2cccc(NC(=O)CC(c3ccccc3)C(F)(F)F)c2)CC1. The molecule has 0 saturated carbocycles. The second-order valence-corrected chi connectivity index (χ2v) is 9.56. The predicted molar refractivity (Wildman–Crippen MR) is 116 cm³/mol. The van der Waals surface area contributed by atoms with Crippen LogP contribution in [-0.2, 0) is 14.8 Å². The lowest BCUT2D eigenvalue weighted by Gasteiger charge is -2.33. The van der Waals surface area contributed by atoms with Gasteiger partial charge in [-0.05, 0) is 30.3 Å². The van der Waals surface area contributed by atoms with Gasteiger partial charge in [-0.1, -0.05) is 43.3 Å². The van der Waals surface area contributed by atoms with E-state index < -0.39 is 34.4 Å². The third-order valence-electron chi connectivity index (χ3n) is 5.52. The molecule has 1 aliphatic heterocycles. The maximum absolute atomic E-state index is 13.5. The molecule has 1 unspecified atom stereocenters. The maximum atomic E-state index is 13.5. The average Bonchev–Trinajstić information content (AvgIpc) is 2.77. The number of carbonyl (C=O) groups excluding carboxylic acids is 1. The Balaban J connectivity index is 1.72. The Labute approximate surface area is 186 Å². The third-order valence-corrected chi connectivity index (χ3v) is 7.42. The molecule has 1 N–H and O–H groups in total. The molecule has 1 fully saturated rings. The van der Waals surface area contributed by atoms with Gasteiger partial charge in [0.2, 0.25) is 15.9 Å². The summed E-state index contributed by atoms with van der Waals surface area (Å²) < 4.78 is 67.9. The van der Waals surface area contributed by atoms with E-state index in [1.54, 1.807) is 6.07 Å². The van der Waals surface area contributed by atoms with Gasteiger partial charge < -0.3 is 10.2 Å². The highest BCUT2D eigenvalue weighted by Crippen LogP contribution is 2.37. The highest BCUT2D eigenvalue weighted by Gasteiger charge is 2.41. The van der Waals surface area contributed by atoms with Crippen LogP contribution < -0.4 is 5.32 Å². The highest BCUT2D eigenvalue weighted by molar-refractivity contribution is 7.89. The summed E-state index contributed by atoms with van der Waals surface area (Å²) in [4.78, 5) is 14.5. The van der Waals surface area contributed by atoms with E-state index >= 15 is 0 Å². The van der Waals surface area contributed by atoms with Crippen LogP contribution in [0.25, 0.3) is 0 Å². The van der Waals surface area contributed by atoms with Crippen molar-refractivity contribution in [1.82, 2.24) is 9.21 Å². The largest absolute Gasteiger partial charge is 0.396 e. The van der Waals surface area contributed by atoms with Crippen molar-refractivity contribution in [3.05, 3.63) is 60.2 Å². The smallest absolute Gasteiger partial charge is 0.326 e. The van der Waals surface area contributed by atoms with Crippen molar-refractivity contribution in [2.45, 2.75) is 30.3 Å². The van der Waals surface area contributed by atoms with Crippen molar-refractivity contribution in [3.63, 3.8) is 0 Å². The zero-order chi connectivity index (χ0) is 23.4. The molecule has 1 amide bonds. The summed E-state index contributed by atoms with van der Waals surface area (Å²) in [5, 5.41) is 2.42. The van der Waals surface area contributed by atoms with E-state index in [-0.39, 0.29) is 16.1 Å². The molecule has 2 aromatic carbocycles. The molecule has 1 atom stereocenters. The van der Waals surface area contributed by atoms with Crippen molar-refractivity contribution in [2.75, 3.05) is 38.0 Å². The zero-order valence-corrected chi connectivity index (χ0v) is 18.5. The van der Waals surface area contributed by atoms with Gasteiger partial charge in [0.05, 0.1) is 10.8 Å². The molecular weight excluding hydrogens is 443 g/mol. The summed E-state index contributed by atoms with van der Waals surface area (Å²) in [6, 6.07) is 12.9. The first-order chi connectivity index (χ1) is 15.1. The number of alkyl halides is 3. The van der Waals surface area contributed by atoms with Gasteiger partial charge in [-0.25, -0.2) is 8.42 Å². The molecule has 174 valence electrons. The Morgan fingerprint density at radius 1 is 1.03 bits per heavy atom. The molecule has 1 saturated heterocycles. The number of nitrogens with one attached hydrogen (secondary N) is 1. The van der Waals surface area contributed by atoms with E-state index in [9.17, 15) is 26.4 Å². The van der Waals surface area contributed by atoms with E-state index in [4.69, 9.17) is 0 Å². The second-order valence-electron chi connectivity index (χ2n) is 7.62. The Morgan fingerprint density at radius 3 is 2.28 bits per heavy atom. The first-order valence-electron chi connectivity index (χ1n) is 10.4. The summed E-state index contributed by atoms with van der Waals surface area (Å²) in [6.07, 6.45) is -5.39. The van der Waals surface area contributed by atoms with E-state index in [0.29, 0.717) is 26.2 Å². The number of carbonyl (C=O) groups is 1. The highest BCUT2D eigenvalue weighted by atomic mass is 32.2. The number of nitrogens with zero attached hydrogens (tertiary/aromatic N) is 2. The molecule has 32 heavy (non-hydrogen) atoms. The number of anilines is 1. The van der Waals surface area contributed by atoms with Gasteiger partial charge in [-0.3, -0.25) is 4.79 Å². The summed E-state index contributed by atoms with van der Waals surface area (Å²) in [5.74, 6) is -2.80. The van der Waals surface area contributed by atoms with Crippen LogP contribution in [0.3, 0.4) is 0 Å². The number of piperazine rings is 1. The van der Waals surface area contributed by atoms with Crippen LogP contribution in [0.1, 0.15) is 24.8 Å². The van der Waals surface area contributed by atoms with Crippen molar-refractivity contribution in [3.8, 4) is 0 Å². The molecule has 1 heterocycles. The van der Waals surface area contributed by atoms with Gasteiger partial charge >= 0.3 is 6.18 Å². The Hall–Kier alpha value is -2.43. The first-order valence-corrected chi connectivity index (χ1v) is 11.8. The van der Waals surface area contributed by atoms with Crippen LogP contribution in [0.15, 0.2) is 59.5 Å². The number of amides is 1. The number of benzene rings is 2. The normalized spacial score (nSPS) is 17.1. The quantitative estimate of drug-likeness (QED) is 0.672. The summed E-state index contributed by atoms with van der Waals surface area (Å²) in [7, 11) is -3.77. The summed E-state index contributed by atoms with van der Waals surface area (Å²) >= 11 is 0. The molecule has 3 rings (SSSR count). The van der Waals surface area contributed by atoms with Crippen LogP contribution in [0.2, 0.25) is 0 Å². The maximum Gasteiger partial charge on any atom is 0.396 e. The van der Waals surface area contributed by atoms with E-state index in [1.165, 1.54) is 52.8 Å². The Bertz CT molecular complexity index is 1020. The predicted octanol–water partition coefficient (Wildman–Crippen LogP) is 3.69. The molecule has 0 aromatic heterocycles. The van der Waals surface area contributed by atoms with Crippen molar-refractivity contribution < 1.29 is 26.4 Å². The fourth-order valence-corrected chi connectivity index (χ4v) is 5.14. The summed E-state index contributed by atoms with van der Waals surface area (Å²) in [6.45, 7) is 4.83. The molecule has 6 nitrogen and oxygen atoms in total. The number of hydrogen-bond donors (Lipinski definition) is 1. The van der Waals surface area contributed by atoms with Crippen LogP contribution >= 0.6 is 0 Å². The van der Waals surface area contributed by atoms with Gasteiger partial charge in [0, 0.05) is 38.3 Å². The van der Waals surface area contributed by atoms with Gasteiger partial charge in [-0.15, -0.1) is 0 Å². The van der Waals surface area contributed by atoms with Crippen molar-refractivity contribution in [2.24, 2.45) is 0 Å². The minimum Gasteiger partial charge on any atom is -0.326 e. The topological polar surface area (TPSA) is 69.7 Å². The lowest BCUT2D eigenvalue weighted by Crippen LogP contribution is -2.48. The fraction of sp³-hybridized carbons (Fsp3) is 0.409. The number of sulfonamides is 1. The fourth-order valence-electron chi connectivity index (χ4n) is 3.67. The van der Waals surface area contributed by atoms with Crippen molar-refractivity contribution >= 4 is 21.6 Å². The molecule has 1 aliphatic rings. The van der Waals surface area contributed by atoms with Crippen LogP contribution in [0.4, 0.5) is 18.9 Å². The minimum atomic E-state index is -4.59. The minimum absolute atomic E-state index is 0.00213. The number of rotatable bonds is 7. The van der Waals surface area contributed by atoms with Crippen molar-refractivity contribution in [1.29, 1.82) is 0 Å². The number of halogens is 3. The lowest BCUT2D eigenvalue weighted by atomic mass is 9.95. The van der Waals surface area contributed by atoms with Gasteiger partial charge in [0.15, 0.2) is 0 Å². The molecule has 0 spiro atoms. The molecule has 0 radical (unpaired) electrons. The molecule has 10 heteroatoms. The average molecular weight is 470 g/mol.